The average Bonchev–Trinajstić information content (AvgIpc) is 3.31. The topological polar surface area (TPSA) is 71.1 Å². The SMILES string of the molecule is C/C=C\C(=C/C(=O)CCc1cccc2cnccc12)c1c[nH]c2ncc(N3CCOCC3)cc12. The van der Waals surface area contributed by atoms with E-state index in [0.29, 0.717) is 12.8 Å². The number of ether oxygens (including phenoxy) is 1. The molecular weight excluding hydrogens is 424 g/mol. The molecule has 34 heavy (non-hydrogen) atoms. The van der Waals surface area contributed by atoms with E-state index in [-0.39, 0.29) is 5.78 Å². The van der Waals surface area contributed by atoms with Gasteiger partial charge in [0.2, 0.25) is 0 Å². The van der Waals surface area contributed by atoms with E-state index in [2.05, 4.69) is 32.0 Å². The summed E-state index contributed by atoms with van der Waals surface area (Å²) in [5.74, 6) is 0.103. The van der Waals surface area contributed by atoms with Crippen LogP contribution in [0, 0.1) is 0 Å². The summed E-state index contributed by atoms with van der Waals surface area (Å²) in [6, 6.07) is 10.3. The van der Waals surface area contributed by atoms with Crippen molar-refractivity contribution in [2.45, 2.75) is 19.8 Å². The number of fused-ring (bicyclic) bond motifs is 2. The smallest absolute Gasteiger partial charge is 0.156 e. The summed E-state index contributed by atoms with van der Waals surface area (Å²) >= 11 is 0. The maximum absolute atomic E-state index is 13.0. The number of anilines is 1. The van der Waals surface area contributed by atoms with Gasteiger partial charge >= 0.3 is 0 Å². The summed E-state index contributed by atoms with van der Waals surface area (Å²) in [6.45, 7) is 5.13. The zero-order chi connectivity index (χ0) is 23.3. The molecule has 4 aromatic rings. The summed E-state index contributed by atoms with van der Waals surface area (Å²) in [4.78, 5) is 27.4. The van der Waals surface area contributed by atoms with Crippen molar-refractivity contribution in [1.29, 1.82) is 0 Å². The van der Waals surface area contributed by atoms with E-state index in [4.69, 9.17) is 4.74 Å². The Morgan fingerprint density at radius 2 is 2.06 bits per heavy atom. The second kappa shape index (κ2) is 10.0. The number of allylic oxidation sites excluding steroid dienone is 4. The third-order valence-corrected chi connectivity index (χ3v) is 6.28. The zero-order valence-corrected chi connectivity index (χ0v) is 19.3. The average molecular weight is 453 g/mol. The van der Waals surface area contributed by atoms with Crippen molar-refractivity contribution in [2.24, 2.45) is 0 Å². The Kier molecular flexibility index (Phi) is 6.49. The van der Waals surface area contributed by atoms with Crippen LogP contribution in [0.4, 0.5) is 5.69 Å². The Labute approximate surface area is 199 Å². The van der Waals surface area contributed by atoms with Gasteiger partial charge in [0.15, 0.2) is 5.78 Å². The quantitative estimate of drug-likeness (QED) is 0.312. The number of nitrogens with zero attached hydrogens (tertiary/aromatic N) is 3. The van der Waals surface area contributed by atoms with Gasteiger partial charge in [-0.1, -0.05) is 30.4 Å². The van der Waals surface area contributed by atoms with Gasteiger partial charge in [0.1, 0.15) is 5.65 Å². The molecule has 0 bridgehead atoms. The number of aromatic nitrogens is 3. The van der Waals surface area contributed by atoms with E-state index in [1.54, 1.807) is 12.3 Å². The Balaban J connectivity index is 1.40. The molecule has 3 aromatic heterocycles. The normalized spacial score (nSPS) is 15.0. The number of carbonyl (C=O) groups excluding carboxylic acids is 1. The van der Waals surface area contributed by atoms with Crippen LogP contribution in [0.3, 0.4) is 0 Å². The maximum atomic E-state index is 13.0. The maximum Gasteiger partial charge on any atom is 0.156 e. The third kappa shape index (κ3) is 4.63. The van der Waals surface area contributed by atoms with Crippen molar-refractivity contribution in [3.8, 4) is 0 Å². The molecule has 1 aromatic carbocycles. The molecule has 0 saturated carbocycles. The number of H-pyrrole nitrogens is 1. The van der Waals surface area contributed by atoms with Crippen molar-refractivity contribution in [1.82, 2.24) is 15.0 Å². The van der Waals surface area contributed by atoms with Gasteiger partial charge in [-0.2, -0.15) is 0 Å². The molecule has 1 aliphatic heterocycles. The fourth-order valence-corrected chi connectivity index (χ4v) is 4.53. The first-order chi connectivity index (χ1) is 16.7. The molecule has 1 aliphatic rings. The van der Waals surface area contributed by atoms with Crippen LogP contribution in [0.15, 0.2) is 73.3 Å². The molecule has 5 rings (SSSR count). The van der Waals surface area contributed by atoms with E-state index in [1.807, 2.05) is 55.9 Å². The van der Waals surface area contributed by atoms with Gasteiger partial charge in [-0.15, -0.1) is 0 Å². The Bertz CT molecular complexity index is 1370. The highest BCUT2D eigenvalue weighted by Gasteiger charge is 2.15. The number of nitrogens with one attached hydrogen (secondary N) is 1. The number of morpholine rings is 1. The number of rotatable bonds is 7. The highest BCUT2D eigenvalue weighted by molar-refractivity contribution is 6.03. The van der Waals surface area contributed by atoms with Gasteiger partial charge in [-0.25, -0.2) is 4.98 Å². The molecular formula is C28H28N4O2. The number of aryl methyl sites for hydroxylation is 1. The van der Waals surface area contributed by atoms with Crippen LogP contribution in [0.25, 0.3) is 27.4 Å². The van der Waals surface area contributed by atoms with Crippen LogP contribution in [-0.2, 0) is 16.0 Å². The highest BCUT2D eigenvalue weighted by atomic mass is 16.5. The van der Waals surface area contributed by atoms with E-state index >= 15 is 0 Å². The van der Waals surface area contributed by atoms with Crippen LogP contribution in [0.5, 0.6) is 0 Å². The second-order valence-corrected chi connectivity index (χ2v) is 8.47. The zero-order valence-electron chi connectivity index (χ0n) is 19.3. The van der Waals surface area contributed by atoms with Gasteiger partial charge in [0, 0.05) is 54.4 Å². The fourth-order valence-electron chi connectivity index (χ4n) is 4.53. The van der Waals surface area contributed by atoms with Crippen molar-refractivity contribution in [2.75, 3.05) is 31.2 Å². The van der Waals surface area contributed by atoms with E-state index in [1.165, 1.54) is 5.56 Å². The molecule has 0 radical (unpaired) electrons. The van der Waals surface area contributed by atoms with Crippen molar-refractivity contribution in [3.05, 3.63) is 84.5 Å². The van der Waals surface area contributed by atoms with Gasteiger partial charge < -0.3 is 14.6 Å². The van der Waals surface area contributed by atoms with Crippen LogP contribution in [0.1, 0.15) is 24.5 Å². The lowest BCUT2D eigenvalue weighted by molar-refractivity contribution is -0.114. The number of carbonyl (C=O) groups is 1. The van der Waals surface area contributed by atoms with Crippen molar-refractivity contribution in [3.63, 3.8) is 0 Å². The lowest BCUT2D eigenvalue weighted by Gasteiger charge is -2.28. The lowest BCUT2D eigenvalue weighted by atomic mass is 9.99. The third-order valence-electron chi connectivity index (χ3n) is 6.28. The van der Waals surface area contributed by atoms with E-state index in [9.17, 15) is 4.79 Å². The van der Waals surface area contributed by atoms with Gasteiger partial charge in [0.05, 0.1) is 25.1 Å². The molecule has 172 valence electrons. The summed E-state index contributed by atoms with van der Waals surface area (Å²) < 4.78 is 5.48. The highest BCUT2D eigenvalue weighted by Crippen LogP contribution is 2.29. The molecule has 6 nitrogen and oxygen atoms in total. The number of hydrogen-bond acceptors (Lipinski definition) is 5. The number of pyridine rings is 2. The number of hydrogen-bond donors (Lipinski definition) is 1. The number of aromatic amines is 1. The molecule has 1 N–H and O–H groups in total. The summed E-state index contributed by atoms with van der Waals surface area (Å²) in [7, 11) is 0. The predicted octanol–water partition coefficient (Wildman–Crippen LogP) is 5.11. The molecule has 0 spiro atoms. The van der Waals surface area contributed by atoms with Gasteiger partial charge in [-0.05, 0) is 48.1 Å². The minimum atomic E-state index is 0.103. The summed E-state index contributed by atoms with van der Waals surface area (Å²) in [5, 5.41) is 3.27. The van der Waals surface area contributed by atoms with Gasteiger partial charge in [-0.3, -0.25) is 9.78 Å². The molecule has 0 amide bonds. The molecule has 6 heteroatoms. The van der Waals surface area contributed by atoms with Crippen molar-refractivity contribution >= 4 is 38.8 Å². The molecule has 4 heterocycles. The molecule has 1 saturated heterocycles. The Morgan fingerprint density at radius 1 is 1.18 bits per heavy atom. The van der Waals surface area contributed by atoms with Crippen LogP contribution in [0.2, 0.25) is 0 Å². The second-order valence-electron chi connectivity index (χ2n) is 8.47. The van der Waals surface area contributed by atoms with Gasteiger partial charge in [0.25, 0.3) is 0 Å². The van der Waals surface area contributed by atoms with E-state index in [0.717, 1.165) is 64.9 Å². The number of benzene rings is 1. The van der Waals surface area contributed by atoms with Crippen molar-refractivity contribution < 1.29 is 9.53 Å². The molecule has 0 aliphatic carbocycles. The first-order valence-electron chi connectivity index (χ1n) is 11.7. The largest absolute Gasteiger partial charge is 0.378 e. The predicted molar refractivity (Wildman–Crippen MR) is 137 cm³/mol. The first-order valence-corrected chi connectivity index (χ1v) is 11.7. The first kappa shape index (κ1) is 22.0. The lowest BCUT2D eigenvalue weighted by Crippen LogP contribution is -2.36. The molecule has 0 atom stereocenters. The Hall–Kier alpha value is -3.77. The fraction of sp³-hybridized carbons (Fsp3) is 0.250. The van der Waals surface area contributed by atoms with E-state index < -0.39 is 0 Å². The minimum Gasteiger partial charge on any atom is -0.378 e. The standard InChI is InChI=1S/C28H28N4O2/c1-2-4-21(15-24(33)8-7-20-5-3-6-22-17-29-10-9-25(20)22)27-19-31-28-26(27)16-23(18-30-28)32-11-13-34-14-12-32/h2-6,9-10,15-19H,7-8,11-14H2,1H3,(H,30,31)/b4-2-,21-15+. The molecule has 0 unspecified atom stereocenters. The van der Waals surface area contributed by atoms with Crippen LogP contribution < -0.4 is 4.90 Å². The minimum absolute atomic E-state index is 0.103. The summed E-state index contributed by atoms with van der Waals surface area (Å²) in [6.07, 6.45) is 14.4. The molecule has 1 fully saturated rings. The van der Waals surface area contributed by atoms with Crippen LogP contribution in [-0.4, -0.2) is 47.0 Å². The monoisotopic (exact) mass is 452 g/mol. The summed E-state index contributed by atoms with van der Waals surface area (Å²) in [5.41, 5.74) is 4.94. The number of ketones is 1. The Morgan fingerprint density at radius 3 is 2.91 bits per heavy atom. The van der Waals surface area contributed by atoms with Crippen LogP contribution >= 0.6 is 0 Å².